The van der Waals surface area contributed by atoms with Gasteiger partial charge in [-0.05, 0) is 26.7 Å². The van der Waals surface area contributed by atoms with Crippen LogP contribution in [0.15, 0.2) is 17.0 Å². The Morgan fingerprint density at radius 3 is 2.61 bits per heavy atom. The highest BCUT2D eigenvalue weighted by Gasteiger charge is 2.39. The highest BCUT2D eigenvalue weighted by Crippen LogP contribution is 2.30. The first-order valence-corrected chi connectivity index (χ1v) is 9.48. The fraction of sp³-hybridized carbons (Fsp3) is 0.579. The lowest BCUT2D eigenvalue weighted by atomic mass is 9.80. The standard InChI is InChI=1S/C19H26N6O3/c1-12(2)16-20-8-14(9-21-16)17(26)25-7-5-6-19(4,11-25)18(27)22-10-15-13(3)23-28-24-15/h8-9,12H,5-7,10-11H2,1-4H3,(H,22,27). The first-order chi connectivity index (χ1) is 13.3. The van der Waals surface area contributed by atoms with Gasteiger partial charge in [0.1, 0.15) is 17.2 Å². The Morgan fingerprint density at radius 2 is 2.00 bits per heavy atom. The first-order valence-electron chi connectivity index (χ1n) is 9.48. The summed E-state index contributed by atoms with van der Waals surface area (Å²) in [4.78, 5) is 35.9. The van der Waals surface area contributed by atoms with E-state index in [4.69, 9.17) is 0 Å². The van der Waals surface area contributed by atoms with Gasteiger partial charge in [0.25, 0.3) is 5.91 Å². The predicted molar refractivity (Wildman–Crippen MR) is 100 cm³/mol. The lowest BCUT2D eigenvalue weighted by molar-refractivity contribution is -0.132. The number of rotatable bonds is 5. The molecule has 0 spiro atoms. The fourth-order valence-corrected chi connectivity index (χ4v) is 3.31. The second-order valence-corrected chi connectivity index (χ2v) is 7.85. The second-order valence-electron chi connectivity index (χ2n) is 7.85. The molecular weight excluding hydrogens is 360 g/mol. The van der Waals surface area contributed by atoms with E-state index in [1.165, 1.54) is 0 Å². The zero-order valence-corrected chi connectivity index (χ0v) is 16.7. The topological polar surface area (TPSA) is 114 Å². The van der Waals surface area contributed by atoms with E-state index in [0.29, 0.717) is 42.3 Å². The molecule has 150 valence electrons. The smallest absolute Gasteiger partial charge is 0.257 e. The molecule has 9 heteroatoms. The number of nitrogens with zero attached hydrogens (tertiary/aromatic N) is 5. The fourth-order valence-electron chi connectivity index (χ4n) is 3.31. The normalized spacial score (nSPS) is 19.7. The summed E-state index contributed by atoms with van der Waals surface area (Å²) in [6, 6.07) is 0. The van der Waals surface area contributed by atoms with E-state index in [0.717, 1.165) is 6.42 Å². The Balaban J connectivity index is 1.65. The molecule has 9 nitrogen and oxygen atoms in total. The molecule has 1 N–H and O–H groups in total. The zero-order valence-electron chi connectivity index (χ0n) is 16.7. The summed E-state index contributed by atoms with van der Waals surface area (Å²) in [7, 11) is 0. The number of aromatic nitrogens is 4. The zero-order chi connectivity index (χ0) is 20.3. The molecule has 1 saturated heterocycles. The van der Waals surface area contributed by atoms with Gasteiger partial charge in [-0.2, -0.15) is 0 Å². The Hall–Kier alpha value is -2.84. The van der Waals surface area contributed by atoms with Gasteiger partial charge < -0.3 is 10.2 Å². The molecule has 1 aliphatic heterocycles. The number of nitrogens with one attached hydrogen (secondary N) is 1. The van der Waals surface area contributed by atoms with Gasteiger partial charge in [0.2, 0.25) is 5.91 Å². The van der Waals surface area contributed by atoms with Crippen molar-refractivity contribution in [2.24, 2.45) is 5.41 Å². The highest BCUT2D eigenvalue weighted by atomic mass is 16.6. The van der Waals surface area contributed by atoms with Crippen LogP contribution in [0.1, 0.15) is 67.1 Å². The lowest BCUT2D eigenvalue weighted by Gasteiger charge is -2.39. The molecule has 2 amide bonds. The molecular formula is C19H26N6O3. The highest BCUT2D eigenvalue weighted by molar-refractivity contribution is 5.94. The van der Waals surface area contributed by atoms with Gasteiger partial charge in [0, 0.05) is 31.4 Å². The minimum Gasteiger partial charge on any atom is -0.350 e. The second kappa shape index (κ2) is 8.04. The van der Waals surface area contributed by atoms with Crippen LogP contribution in [-0.2, 0) is 11.3 Å². The van der Waals surface area contributed by atoms with Crippen molar-refractivity contribution in [3.63, 3.8) is 0 Å². The number of piperidine rings is 1. The number of amides is 2. The van der Waals surface area contributed by atoms with Crippen molar-refractivity contribution < 1.29 is 14.2 Å². The maximum atomic E-state index is 12.9. The summed E-state index contributed by atoms with van der Waals surface area (Å²) in [6.07, 6.45) is 4.60. The molecule has 1 unspecified atom stereocenters. The quantitative estimate of drug-likeness (QED) is 0.834. The Kier molecular flexibility index (Phi) is 5.71. The number of likely N-dealkylation sites (tertiary alicyclic amines) is 1. The van der Waals surface area contributed by atoms with Crippen LogP contribution in [0.2, 0.25) is 0 Å². The van der Waals surface area contributed by atoms with Crippen LogP contribution < -0.4 is 5.32 Å². The molecule has 28 heavy (non-hydrogen) atoms. The van der Waals surface area contributed by atoms with Gasteiger partial charge in [-0.1, -0.05) is 24.2 Å². The van der Waals surface area contributed by atoms with Gasteiger partial charge in [-0.15, -0.1) is 0 Å². The third-order valence-corrected chi connectivity index (χ3v) is 5.13. The summed E-state index contributed by atoms with van der Waals surface area (Å²) >= 11 is 0. The molecule has 2 aromatic rings. The van der Waals surface area contributed by atoms with Crippen molar-refractivity contribution in [1.82, 2.24) is 30.5 Å². The largest absolute Gasteiger partial charge is 0.350 e. The van der Waals surface area contributed by atoms with E-state index in [1.54, 1.807) is 24.2 Å². The van der Waals surface area contributed by atoms with Crippen molar-refractivity contribution in [1.29, 1.82) is 0 Å². The molecule has 1 fully saturated rings. The van der Waals surface area contributed by atoms with Crippen molar-refractivity contribution >= 4 is 11.8 Å². The van der Waals surface area contributed by atoms with Crippen molar-refractivity contribution in [2.75, 3.05) is 13.1 Å². The van der Waals surface area contributed by atoms with E-state index in [2.05, 4.69) is 30.2 Å². The third kappa shape index (κ3) is 4.18. The van der Waals surface area contributed by atoms with Crippen molar-refractivity contribution in [3.05, 3.63) is 35.2 Å². The summed E-state index contributed by atoms with van der Waals surface area (Å²) in [5, 5.41) is 10.4. The summed E-state index contributed by atoms with van der Waals surface area (Å²) in [5.74, 6) is 0.649. The first kappa shape index (κ1) is 19.9. The number of carbonyl (C=O) groups is 2. The molecule has 0 bridgehead atoms. The van der Waals surface area contributed by atoms with E-state index >= 15 is 0 Å². The van der Waals surface area contributed by atoms with E-state index < -0.39 is 5.41 Å². The average Bonchev–Trinajstić information content (AvgIpc) is 3.10. The van der Waals surface area contributed by atoms with Gasteiger partial charge in [-0.3, -0.25) is 9.59 Å². The van der Waals surface area contributed by atoms with E-state index in [9.17, 15) is 9.59 Å². The molecule has 0 aromatic carbocycles. The molecule has 2 aromatic heterocycles. The number of hydrogen-bond donors (Lipinski definition) is 1. The van der Waals surface area contributed by atoms with Crippen LogP contribution >= 0.6 is 0 Å². The van der Waals surface area contributed by atoms with Crippen molar-refractivity contribution in [2.45, 2.75) is 53.0 Å². The molecule has 0 saturated carbocycles. The lowest BCUT2D eigenvalue weighted by Crippen LogP contribution is -2.51. The minimum atomic E-state index is -0.669. The average molecular weight is 386 g/mol. The Labute approximate surface area is 163 Å². The van der Waals surface area contributed by atoms with Crippen LogP contribution in [0.25, 0.3) is 0 Å². The van der Waals surface area contributed by atoms with E-state index in [1.807, 2.05) is 20.8 Å². The molecule has 3 heterocycles. The summed E-state index contributed by atoms with van der Waals surface area (Å²) in [5.41, 5.74) is 1.02. The van der Waals surface area contributed by atoms with Gasteiger partial charge in [0.05, 0.1) is 17.5 Å². The number of carbonyl (C=O) groups excluding carboxylic acids is 2. The predicted octanol–water partition coefficient (Wildman–Crippen LogP) is 1.85. The maximum Gasteiger partial charge on any atom is 0.257 e. The van der Waals surface area contributed by atoms with Crippen LogP contribution in [0.4, 0.5) is 0 Å². The van der Waals surface area contributed by atoms with E-state index in [-0.39, 0.29) is 24.3 Å². The van der Waals surface area contributed by atoms with Gasteiger partial charge in [0.15, 0.2) is 0 Å². The molecule has 3 rings (SSSR count). The van der Waals surface area contributed by atoms with Crippen LogP contribution in [0, 0.1) is 12.3 Å². The summed E-state index contributed by atoms with van der Waals surface area (Å²) in [6.45, 7) is 8.87. The molecule has 1 aliphatic rings. The molecule has 0 radical (unpaired) electrons. The van der Waals surface area contributed by atoms with Crippen LogP contribution in [0.3, 0.4) is 0 Å². The Bertz CT molecular complexity index is 848. The number of aryl methyl sites for hydroxylation is 1. The van der Waals surface area contributed by atoms with Gasteiger partial charge >= 0.3 is 0 Å². The third-order valence-electron chi connectivity index (χ3n) is 5.13. The SMILES string of the molecule is Cc1nonc1CNC(=O)C1(C)CCCN(C(=O)c2cnc(C(C)C)nc2)C1. The van der Waals surface area contributed by atoms with Crippen molar-refractivity contribution in [3.8, 4) is 0 Å². The van der Waals surface area contributed by atoms with Crippen LogP contribution in [0.5, 0.6) is 0 Å². The molecule has 0 aliphatic carbocycles. The minimum absolute atomic E-state index is 0.112. The molecule has 1 atom stereocenters. The van der Waals surface area contributed by atoms with Crippen LogP contribution in [-0.4, -0.2) is 50.1 Å². The van der Waals surface area contributed by atoms with Gasteiger partial charge in [-0.25, -0.2) is 14.6 Å². The number of hydrogen-bond acceptors (Lipinski definition) is 7. The maximum absolute atomic E-state index is 12.9. The Morgan fingerprint density at radius 1 is 1.29 bits per heavy atom. The summed E-state index contributed by atoms with van der Waals surface area (Å²) < 4.78 is 4.65. The monoisotopic (exact) mass is 386 g/mol.